The highest BCUT2D eigenvalue weighted by atomic mass is 35.5. The highest BCUT2D eigenvalue weighted by molar-refractivity contribution is 5.85. The molecular formula is C27H42ClN. The third kappa shape index (κ3) is 11.5. The smallest absolute Gasteiger partial charge is 0.0576 e. The molecule has 0 aliphatic heterocycles. The Balaban J connectivity index is 0.00000420. The molecule has 1 nitrogen and oxygen atoms in total. The number of nitrogens with one attached hydrogen (secondary N) is 1. The Morgan fingerprint density at radius 1 is 0.552 bits per heavy atom. The van der Waals surface area contributed by atoms with Gasteiger partial charge in [-0.15, -0.1) is 12.4 Å². The van der Waals surface area contributed by atoms with Crippen LogP contribution in [0.1, 0.15) is 101 Å². The second-order valence-electron chi connectivity index (χ2n) is 8.10. The average molecular weight is 416 g/mol. The van der Waals surface area contributed by atoms with Gasteiger partial charge in [0.25, 0.3) is 0 Å². The molecule has 0 spiro atoms. The molecule has 0 saturated heterocycles. The summed E-state index contributed by atoms with van der Waals surface area (Å²) in [6.07, 6.45) is 16.8. The zero-order valence-corrected chi connectivity index (χ0v) is 19.3. The van der Waals surface area contributed by atoms with Crippen LogP contribution >= 0.6 is 12.4 Å². The van der Waals surface area contributed by atoms with Crippen LogP contribution in [-0.4, -0.2) is 6.54 Å². The van der Waals surface area contributed by atoms with Gasteiger partial charge >= 0.3 is 0 Å². The normalized spacial score (nSPS) is 10.8. The van der Waals surface area contributed by atoms with E-state index in [0.29, 0.717) is 6.04 Å². The number of unbranched alkanes of at least 4 members (excludes halogenated alkanes) is 11. The van der Waals surface area contributed by atoms with Crippen LogP contribution in [0.15, 0.2) is 60.7 Å². The molecule has 29 heavy (non-hydrogen) atoms. The summed E-state index contributed by atoms with van der Waals surface area (Å²) >= 11 is 0. The second-order valence-corrected chi connectivity index (χ2v) is 8.10. The number of hydrogen-bond acceptors (Lipinski definition) is 1. The molecule has 0 unspecified atom stereocenters. The molecule has 0 radical (unpaired) electrons. The van der Waals surface area contributed by atoms with E-state index in [4.69, 9.17) is 0 Å². The van der Waals surface area contributed by atoms with E-state index in [1.54, 1.807) is 0 Å². The largest absolute Gasteiger partial charge is 0.306 e. The quantitative estimate of drug-likeness (QED) is 0.271. The van der Waals surface area contributed by atoms with Crippen molar-refractivity contribution in [3.8, 4) is 0 Å². The lowest BCUT2D eigenvalue weighted by atomic mass is 9.98. The van der Waals surface area contributed by atoms with Crippen LogP contribution in [0.3, 0.4) is 0 Å². The first-order valence-corrected chi connectivity index (χ1v) is 11.7. The summed E-state index contributed by atoms with van der Waals surface area (Å²) in [5.74, 6) is 0. The third-order valence-corrected chi connectivity index (χ3v) is 5.64. The van der Waals surface area contributed by atoms with Gasteiger partial charge in [0.2, 0.25) is 0 Å². The van der Waals surface area contributed by atoms with Crippen LogP contribution in [0.5, 0.6) is 0 Å². The number of benzene rings is 2. The molecule has 0 heterocycles. The maximum Gasteiger partial charge on any atom is 0.0576 e. The second kappa shape index (κ2) is 17.5. The summed E-state index contributed by atoms with van der Waals surface area (Å²) in [4.78, 5) is 0. The molecule has 2 heteroatoms. The van der Waals surface area contributed by atoms with Crippen molar-refractivity contribution in [2.45, 2.75) is 90.0 Å². The first-order valence-electron chi connectivity index (χ1n) is 11.7. The van der Waals surface area contributed by atoms with Crippen molar-refractivity contribution in [3.05, 3.63) is 71.8 Å². The van der Waals surface area contributed by atoms with E-state index < -0.39 is 0 Å². The summed E-state index contributed by atoms with van der Waals surface area (Å²) in [7, 11) is 0. The monoisotopic (exact) mass is 415 g/mol. The maximum atomic E-state index is 3.79. The molecule has 0 aliphatic carbocycles. The van der Waals surface area contributed by atoms with E-state index in [1.807, 2.05) is 0 Å². The van der Waals surface area contributed by atoms with Crippen molar-refractivity contribution in [2.75, 3.05) is 6.54 Å². The molecule has 0 fully saturated rings. The molecule has 1 N–H and O–H groups in total. The van der Waals surface area contributed by atoms with Crippen molar-refractivity contribution in [1.29, 1.82) is 0 Å². The van der Waals surface area contributed by atoms with Gasteiger partial charge in [-0.25, -0.2) is 0 Å². The minimum absolute atomic E-state index is 0. The first-order chi connectivity index (χ1) is 13.9. The van der Waals surface area contributed by atoms with Crippen molar-refractivity contribution in [1.82, 2.24) is 5.32 Å². The zero-order chi connectivity index (χ0) is 19.7. The Labute approximate surface area is 186 Å². The van der Waals surface area contributed by atoms with E-state index in [-0.39, 0.29) is 12.4 Å². The van der Waals surface area contributed by atoms with Gasteiger partial charge in [-0.1, -0.05) is 138 Å². The molecule has 0 aromatic heterocycles. The summed E-state index contributed by atoms with van der Waals surface area (Å²) in [5.41, 5.74) is 2.71. The fraction of sp³-hybridized carbons (Fsp3) is 0.556. The Bertz CT molecular complexity index is 545. The Morgan fingerprint density at radius 2 is 0.931 bits per heavy atom. The fourth-order valence-corrected chi connectivity index (χ4v) is 3.93. The molecule has 2 rings (SSSR count). The predicted molar refractivity (Wildman–Crippen MR) is 131 cm³/mol. The van der Waals surface area contributed by atoms with Crippen LogP contribution in [0, 0.1) is 0 Å². The lowest BCUT2D eigenvalue weighted by molar-refractivity contribution is 0.524. The van der Waals surface area contributed by atoms with Gasteiger partial charge < -0.3 is 5.32 Å². The van der Waals surface area contributed by atoms with Crippen molar-refractivity contribution in [3.63, 3.8) is 0 Å². The molecule has 2 aromatic carbocycles. The summed E-state index contributed by atoms with van der Waals surface area (Å²) in [6.45, 7) is 3.38. The molecule has 0 saturated carbocycles. The van der Waals surface area contributed by atoms with Crippen molar-refractivity contribution < 1.29 is 0 Å². The van der Waals surface area contributed by atoms with E-state index in [0.717, 1.165) is 6.54 Å². The van der Waals surface area contributed by atoms with E-state index in [9.17, 15) is 0 Å². The third-order valence-electron chi connectivity index (χ3n) is 5.64. The molecule has 0 atom stereocenters. The summed E-state index contributed by atoms with van der Waals surface area (Å²) in [5, 5.41) is 3.79. The van der Waals surface area contributed by atoms with Gasteiger partial charge in [0.15, 0.2) is 0 Å². The molecule has 0 bridgehead atoms. The van der Waals surface area contributed by atoms with Crippen LogP contribution in [-0.2, 0) is 0 Å². The highest BCUT2D eigenvalue weighted by Gasteiger charge is 2.12. The van der Waals surface area contributed by atoms with Gasteiger partial charge in [-0.05, 0) is 24.1 Å². The van der Waals surface area contributed by atoms with Gasteiger partial charge in [0.05, 0.1) is 6.04 Å². The van der Waals surface area contributed by atoms with Crippen LogP contribution < -0.4 is 5.32 Å². The molecular weight excluding hydrogens is 374 g/mol. The van der Waals surface area contributed by atoms with Gasteiger partial charge in [0.1, 0.15) is 0 Å². The zero-order valence-electron chi connectivity index (χ0n) is 18.5. The summed E-state index contributed by atoms with van der Waals surface area (Å²) in [6, 6.07) is 21.9. The fourth-order valence-electron chi connectivity index (χ4n) is 3.93. The minimum atomic E-state index is 0. The predicted octanol–water partition coefficient (Wildman–Crippen LogP) is 8.49. The van der Waals surface area contributed by atoms with Crippen molar-refractivity contribution in [2.24, 2.45) is 0 Å². The van der Waals surface area contributed by atoms with Crippen LogP contribution in [0.2, 0.25) is 0 Å². The first kappa shape index (κ1) is 25.7. The number of rotatable bonds is 16. The average Bonchev–Trinajstić information content (AvgIpc) is 2.75. The maximum absolute atomic E-state index is 3.79. The van der Waals surface area contributed by atoms with Crippen molar-refractivity contribution >= 4 is 12.4 Å². The highest BCUT2D eigenvalue weighted by Crippen LogP contribution is 2.21. The summed E-state index contributed by atoms with van der Waals surface area (Å²) < 4.78 is 0. The van der Waals surface area contributed by atoms with E-state index >= 15 is 0 Å². The number of halogens is 1. The molecule has 0 amide bonds. The van der Waals surface area contributed by atoms with Gasteiger partial charge in [-0.2, -0.15) is 0 Å². The lowest BCUT2D eigenvalue weighted by Gasteiger charge is -2.20. The Hall–Kier alpha value is -1.31. The molecule has 0 aliphatic rings. The lowest BCUT2D eigenvalue weighted by Crippen LogP contribution is -2.23. The topological polar surface area (TPSA) is 12.0 Å². The van der Waals surface area contributed by atoms with Gasteiger partial charge in [0, 0.05) is 0 Å². The van der Waals surface area contributed by atoms with Crippen LogP contribution in [0.4, 0.5) is 0 Å². The van der Waals surface area contributed by atoms with E-state index in [2.05, 4.69) is 72.9 Å². The Morgan fingerprint density at radius 3 is 1.34 bits per heavy atom. The number of hydrogen-bond donors (Lipinski definition) is 1. The molecule has 2 aromatic rings. The Kier molecular flexibility index (Phi) is 15.6. The van der Waals surface area contributed by atoms with Crippen LogP contribution in [0.25, 0.3) is 0 Å². The van der Waals surface area contributed by atoms with E-state index in [1.165, 1.54) is 88.2 Å². The molecule has 162 valence electrons. The SMILES string of the molecule is CCCCCCCCCCCCCCNC(c1ccccc1)c1ccccc1.Cl. The standard InChI is InChI=1S/C27H41N.ClH/c1-2-3-4-5-6-7-8-9-10-11-12-19-24-28-27(25-20-15-13-16-21-25)26-22-17-14-18-23-26;/h13-18,20-23,27-28H,2-12,19,24H2,1H3;1H. The minimum Gasteiger partial charge on any atom is -0.306 e. The van der Waals surface area contributed by atoms with Gasteiger partial charge in [-0.3, -0.25) is 0 Å².